The average molecular weight is 311 g/mol. The molecule has 1 aliphatic rings. The van der Waals surface area contributed by atoms with E-state index in [-0.39, 0.29) is 11.9 Å². The summed E-state index contributed by atoms with van der Waals surface area (Å²) in [5.41, 5.74) is 8.23. The zero-order valence-corrected chi connectivity index (χ0v) is 12.6. The van der Waals surface area contributed by atoms with E-state index in [0.29, 0.717) is 11.6 Å². The maximum Gasteiger partial charge on any atom is 0.124 e. The molecule has 3 rings (SSSR count). The number of benzene rings is 1. The van der Waals surface area contributed by atoms with Crippen molar-refractivity contribution in [2.24, 2.45) is 5.73 Å². The Hall–Kier alpha value is -0.940. The predicted molar refractivity (Wildman–Crippen MR) is 81.6 cm³/mol. The molecule has 2 nitrogen and oxygen atoms in total. The molecular formula is C15H16ClFN2S. The van der Waals surface area contributed by atoms with Crippen LogP contribution >= 0.6 is 22.9 Å². The Morgan fingerprint density at radius 1 is 1.40 bits per heavy atom. The molecule has 0 saturated carbocycles. The minimum Gasteiger partial charge on any atom is -0.329 e. The van der Waals surface area contributed by atoms with Crippen LogP contribution in [0, 0.1) is 5.82 Å². The molecule has 0 radical (unpaired) electrons. The third-order valence-corrected chi connectivity index (χ3v) is 5.17. The van der Waals surface area contributed by atoms with Crippen molar-refractivity contribution in [1.29, 1.82) is 0 Å². The fraction of sp³-hybridized carbons (Fsp3) is 0.333. The van der Waals surface area contributed by atoms with Crippen LogP contribution in [0.5, 0.6) is 0 Å². The number of halogens is 2. The maximum atomic E-state index is 13.2. The van der Waals surface area contributed by atoms with Gasteiger partial charge in [0, 0.05) is 35.6 Å². The van der Waals surface area contributed by atoms with Crippen LogP contribution < -0.4 is 5.73 Å². The number of rotatable bonds is 3. The van der Waals surface area contributed by atoms with Crippen LogP contribution in [0.1, 0.15) is 22.0 Å². The van der Waals surface area contributed by atoms with Crippen molar-refractivity contribution in [3.8, 4) is 0 Å². The highest BCUT2D eigenvalue weighted by atomic mass is 35.5. The second-order valence-corrected chi connectivity index (χ2v) is 6.41. The molecule has 1 unspecified atom stereocenters. The summed E-state index contributed by atoms with van der Waals surface area (Å²) >= 11 is 8.00. The molecule has 1 aromatic heterocycles. The molecule has 0 amide bonds. The van der Waals surface area contributed by atoms with Crippen LogP contribution in [0.2, 0.25) is 5.02 Å². The minimum atomic E-state index is -0.312. The standard InChI is InChI=1S/C15H16ClFN2S/c16-13-7-11(17)1-2-12(13)14(8-18)19-5-3-15-10(9-19)4-6-20-15/h1-2,4,6-7,14H,3,5,8-9,18H2. The first-order valence-electron chi connectivity index (χ1n) is 6.63. The van der Waals surface area contributed by atoms with Crippen molar-refractivity contribution < 1.29 is 4.39 Å². The Labute approximate surface area is 127 Å². The van der Waals surface area contributed by atoms with Gasteiger partial charge in [0.15, 0.2) is 0 Å². The molecule has 0 fully saturated rings. The molecule has 1 aromatic carbocycles. The van der Waals surface area contributed by atoms with Crippen molar-refractivity contribution in [3.05, 3.63) is 56.5 Å². The van der Waals surface area contributed by atoms with Gasteiger partial charge in [0.2, 0.25) is 0 Å². The van der Waals surface area contributed by atoms with Crippen molar-refractivity contribution in [2.75, 3.05) is 13.1 Å². The van der Waals surface area contributed by atoms with Gasteiger partial charge in [-0.2, -0.15) is 0 Å². The first-order chi connectivity index (χ1) is 9.69. The number of hydrogen-bond acceptors (Lipinski definition) is 3. The molecule has 106 valence electrons. The van der Waals surface area contributed by atoms with Gasteiger partial charge in [-0.3, -0.25) is 4.90 Å². The highest BCUT2D eigenvalue weighted by Gasteiger charge is 2.25. The molecule has 2 N–H and O–H groups in total. The van der Waals surface area contributed by atoms with Gasteiger partial charge in [0.25, 0.3) is 0 Å². The molecular weight excluding hydrogens is 295 g/mol. The molecule has 0 bridgehead atoms. The van der Waals surface area contributed by atoms with E-state index in [4.69, 9.17) is 17.3 Å². The monoisotopic (exact) mass is 310 g/mol. The molecule has 1 atom stereocenters. The molecule has 1 aliphatic heterocycles. The van der Waals surface area contributed by atoms with Gasteiger partial charge in [0.05, 0.1) is 0 Å². The molecule has 0 saturated heterocycles. The highest BCUT2D eigenvalue weighted by molar-refractivity contribution is 7.10. The molecule has 2 heterocycles. The number of nitrogens with zero attached hydrogens (tertiary/aromatic N) is 1. The Morgan fingerprint density at radius 3 is 3.00 bits per heavy atom. The lowest BCUT2D eigenvalue weighted by Gasteiger charge is -2.34. The van der Waals surface area contributed by atoms with Gasteiger partial charge in [-0.25, -0.2) is 4.39 Å². The van der Waals surface area contributed by atoms with Gasteiger partial charge >= 0.3 is 0 Å². The first-order valence-corrected chi connectivity index (χ1v) is 7.89. The third kappa shape index (κ3) is 2.61. The van der Waals surface area contributed by atoms with E-state index in [1.54, 1.807) is 6.07 Å². The average Bonchev–Trinajstić information content (AvgIpc) is 2.89. The van der Waals surface area contributed by atoms with E-state index < -0.39 is 0 Å². The summed E-state index contributed by atoms with van der Waals surface area (Å²) in [6.45, 7) is 2.32. The normalized spacial score (nSPS) is 16.9. The number of fused-ring (bicyclic) bond motifs is 1. The van der Waals surface area contributed by atoms with Gasteiger partial charge in [-0.1, -0.05) is 17.7 Å². The predicted octanol–water partition coefficient (Wildman–Crippen LogP) is 3.60. The van der Waals surface area contributed by atoms with Gasteiger partial charge in [-0.15, -0.1) is 11.3 Å². The molecule has 20 heavy (non-hydrogen) atoms. The molecule has 0 spiro atoms. The van der Waals surface area contributed by atoms with Crippen LogP contribution in [0.25, 0.3) is 0 Å². The Bertz CT molecular complexity index is 614. The van der Waals surface area contributed by atoms with Crippen LogP contribution in [0.3, 0.4) is 0 Å². The lowest BCUT2D eigenvalue weighted by atomic mass is 10.0. The largest absolute Gasteiger partial charge is 0.329 e. The Morgan fingerprint density at radius 2 is 2.25 bits per heavy atom. The molecule has 0 aliphatic carbocycles. The summed E-state index contributed by atoms with van der Waals surface area (Å²) in [6, 6.07) is 6.77. The lowest BCUT2D eigenvalue weighted by molar-refractivity contribution is 0.185. The van der Waals surface area contributed by atoms with E-state index in [9.17, 15) is 4.39 Å². The zero-order valence-electron chi connectivity index (χ0n) is 11.0. The van der Waals surface area contributed by atoms with Crippen LogP contribution in [-0.2, 0) is 13.0 Å². The fourth-order valence-corrected chi connectivity index (χ4v) is 3.96. The quantitative estimate of drug-likeness (QED) is 0.938. The summed E-state index contributed by atoms with van der Waals surface area (Å²) in [7, 11) is 0. The van der Waals surface area contributed by atoms with E-state index in [1.165, 1.54) is 22.6 Å². The fourth-order valence-electron chi connectivity index (χ4n) is 2.78. The summed E-state index contributed by atoms with van der Waals surface area (Å²) in [5.74, 6) is -0.312. The Kier molecular flexibility index (Phi) is 4.08. The van der Waals surface area contributed by atoms with Crippen molar-refractivity contribution in [2.45, 2.75) is 19.0 Å². The Balaban J connectivity index is 1.87. The summed E-state index contributed by atoms with van der Waals surface area (Å²) in [6.07, 6.45) is 1.04. The SMILES string of the molecule is NCC(c1ccc(F)cc1Cl)N1CCc2sccc2C1. The highest BCUT2D eigenvalue weighted by Crippen LogP contribution is 2.32. The van der Waals surface area contributed by atoms with Crippen molar-refractivity contribution in [1.82, 2.24) is 4.90 Å². The van der Waals surface area contributed by atoms with Crippen LogP contribution in [0.15, 0.2) is 29.6 Å². The molecule has 2 aromatic rings. The maximum absolute atomic E-state index is 13.2. The summed E-state index contributed by atoms with van der Waals surface area (Å²) in [4.78, 5) is 3.79. The van der Waals surface area contributed by atoms with Gasteiger partial charge in [0.1, 0.15) is 5.82 Å². The summed E-state index contributed by atoms with van der Waals surface area (Å²) in [5, 5.41) is 2.59. The van der Waals surface area contributed by atoms with Crippen LogP contribution in [-0.4, -0.2) is 18.0 Å². The van der Waals surface area contributed by atoms with E-state index in [0.717, 1.165) is 25.1 Å². The topological polar surface area (TPSA) is 29.3 Å². The van der Waals surface area contributed by atoms with E-state index in [2.05, 4.69) is 16.3 Å². The van der Waals surface area contributed by atoms with Crippen molar-refractivity contribution in [3.63, 3.8) is 0 Å². The second-order valence-electron chi connectivity index (χ2n) is 5.01. The number of hydrogen-bond donors (Lipinski definition) is 1. The smallest absolute Gasteiger partial charge is 0.124 e. The van der Waals surface area contributed by atoms with Gasteiger partial charge in [-0.05, 0) is 41.1 Å². The van der Waals surface area contributed by atoms with Gasteiger partial charge < -0.3 is 5.73 Å². The van der Waals surface area contributed by atoms with Crippen molar-refractivity contribution >= 4 is 22.9 Å². The second kappa shape index (κ2) is 5.82. The lowest BCUT2D eigenvalue weighted by Crippen LogP contribution is -2.37. The van der Waals surface area contributed by atoms with Crippen LogP contribution in [0.4, 0.5) is 4.39 Å². The minimum absolute atomic E-state index is 0.0381. The number of thiophene rings is 1. The third-order valence-electron chi connectivity index (χ3n) is 3.82. The molecule has 5 heteroatoms. The summed E-state index contributed by atoms with van der Waals surface area (Å²) < 4.78 is 13.2. The zero-order chi connectivity index (χ0) is 14.1. The van der Waals surface area contributed by atoms with E-state index >= 15 is 0 Å². The van der Waals surface area contributed by atoms with E-state index in [1.807, 2.05) is 11.3 Å². The first kappa shape index (κ1) is 14.0. The number of nitrogens with two attached hydrogens (primary N) is 1.